The van der Waals surface area contributed by atoms with Crippen LogP contribution in [0.1, 0.15) is 322 Å². The standard InChI is InChI=1S/C71H128NO8P/c1-3-5-7-9-11-13-15-17-19-21-23-25-27-28-29-30-31-32-33-34-35-36-37-38-39-40-42-44-46-48-50-52-54-56-58-60-62-64-71(74)80-69(68-79-81(75,76)78-66-65-72)67-77-70(73)63-61-59-57-55-53-51-49-47-45-43-41-26-24-22-20-18-16-14-12-10-8-6-4-2/h5,7,11,13,17,19,22-25,28-29,31-32,69H,3-4,6,8-10,12,14-16,18,20-21,26-27,30,33-68,72H2,1-2H3,(H,75,76)/b7-5-,13-11-,19-17-,24-22-,25-23-,29-28-,32-31-. The molecule has 2 atom stereocenters. The predicted octanol–water partition coefficient (Wildman–Crippen LogP) is 22.2. The fourth-order valence-corrected chi connectivity index (χ4v) is 10.5. The second-order valence-electron chi connectivity index (χ2n) is 22.7. The van der Waals surface area contributed by atoms with Gasteiger partial charge < -0.3 is 20.1 Å². The van der Waals surface area contributed by atoms with Crippen molar-refractivity contribution in [2.75, 3.05) is 26.4 Å². The third-order valence-electron chi connectivity index (χ3n) is 14.8. The maximum atomic E-state index is 12.8. The van der Waals surface area contributed by atoms with Gasteiger partial charge in [0, 0.05) is 19.4 Å². The number of hydrogen-bond acceptors (Lipinski definition) is 8. The van der Waals surface area contributed by atoms with Gasteiger partial charge in [-0.05, 0) is 89.9 Å². The summed E-state index contributed by atoms with van der Waals surface area (Å²) in [5.74, 6) is -0.816. The second-order valence-corrected chi connectivity index (χ2v) is 24.1. The molecular weight excluding hydrogens is 1030 g/mol. The summed E-state index contributed by atoms with van der Waals surface area (Å²) in [6.45, 7) is 3.67. The van der Waals surface area contributed by atoms with Crippen LogP contribution in [0.25, 0.3) is 0 Å². The van der Waals surface area contributed by atoms with E-state index in [-0.39, 0.29) is 38.6 Å². The van der Waals surface area contributed by atoms with Crippen LogP contribution < -0.4 is 5.73 Å². The Morgan fingerprint density at radius 1 is 0.383 bits per heavy atom. The van der Waals surface area contributed by atoms with Crippen molar-refractivity contribution in [2.24, 2.45) is 5.73 Å². The number of rotatable bonds is 64. The second kappa shape index (κ2) is 66.3. The molecule has 10 heteroatoms. The van der Waals surface area contributed by atoms with Crippen molar-refractivity contribution >= 4 is 19.8 Å². The van der Waals surface area contributed by atoms with Crippen LogP contribution in [0.2, 0.25) is 0 Å². The molecule has 0 aromatic heterocycles. The van der Waals surface area contributed by atoms with Crippen LogP contribution in [-0.4, -0.2) is 49.3 Å². The Balaban J connectivity index is 3.86. The van der Waals surface area contributed by atoms with Crippen molar-refractivity contribution in [3.05, 3.63) is 85.1 Å². The van der Waals surface area contributed by atoms with E-state index in [2.05, 4.69) is 98.9 Å². The lowest BCUT2D eigenvalue weighted by Gasteiger charge is -2.19. The number of hydrogen-bond donors (Lipinski definition) is 2. The van der Waals surface area contributed by atoms with Crippen LogP contribution in [0.4, 0.5) is 0 Å². The Labute approximate surface area is 500 Å². The first-order valence-corrected chi connectivity index (χ1v) is 35.6. The SMILES string of the molecule is CC/C=C\C/C=C\C/C=C\C/C=C\C/C=C\C/C=C\CCCCCCCCCCCCCCCCCCCCC(=O)OC(COC(=O)CCCCCCCCCCCCC/C=C\CCCCCCCCCC)COP(=O)(O)OCCN. The number of carbonyl (C=O) groups is 2. The van der Waals surface area contributed by atoms with E-state index in [1.165, 1.54) is 212 Å². The van der Waals surface area contributed by atoms with Crippen molar-refractivity contribution in [1.29, 1.82) is 0 Å². The Bertz CT molecular complexity index is 1600. The lowest BCUT2D eigenvalue weighted by atomic mass is 10.0. The van der Waals surface area contributed by atoms with Crippen molar-refractivity contribution in [3.8, 4) is 0 Å². The van der Waals surface area contributed by atoms with Gasteiger partial charge in [-0.1, -0.05) is 304 Å². The molecule has 0 heterocycles. The van der Waals surface area contributed by atoms with Gasteiger partial charge in [0.25, 0.3) is 0 Å². The molecular formula is C71H128NO8P. The van der Waals surface area contributed by atoms with E-state index < -0.39 is 26.5 Å². The van der Waals surface area contributed by atoms with Gasteiger partial charge >= 0.3 is 19.8 Å². The molecule has 81 heavy (non-hydrogen) atoms. The molecule has 0 aromatic carbocycles. The molecule has 0 saturated carbocycles. The van der Waals surface area contributed by atoms with Gasteiger partial charge in [-0.25, -0.2) is 4.57 Å². The van der Waals surface area contributed by atoms with E-state index in [0.29, 0.717) is 6.42 Å². The first-order chi connectivity index (χ1) is 39.8. The highest BCUT2D eigenvalue weighted by molar-refractivity contribution is 7.47. The number of carbonyl (C=O) groups excluding carboxylic acids is 2. The average Bonchev–Trinajstić information content (AvgIpc) is 3.46. The van der Waals surface area contributed by atoms with Gasteiger partial charge in [-0.2, -0.15) is 0 Å². The summed E-state index contributed by atoms with van der Waals surface area (Å²) in [7, 11) is -4.39. The number of phosphoric acid groups is 1. The monoisotopic (exact) mass is 1150 g/mol. The number of phosphoric ester groups is 1. The molecule has 9 nitrogen and oxygen atoms in total. The van der Waals surface area contributed by atoms with Crippen molar-refractivity contribution in [3.63, 3.8) is 0 Å². The van der Waals surface area contributed by atoms with E-state index in [0.717, 1.165) is 77.0 Å². The fraction of sp³-hybridized carbons (Fsp3) is 0.775. The summed E-state index contributed by atoms with van der Waals surface area (Å²) in [4.78, 5) is 35.3. The van der Waals surface area contributed by atoms with Crippen LogP contribution in [0, 0.1) is 0 Å². The normalized spacial score (nSPS) is 13.5. The van der Waals surface area contributed by atoms with Crippen molar-refractivity contribution in [1.82, 2.24) is 0 Å². The summed E-state index contributed by atoms with van der Waals surface area (Å²) in [5, 5.41) is 0. The Morgan fingerprint density at radius 2 is 0.679 bits per heavy atom. The minimum atomic E-state index is -4.39. The van der Waals surface area contributed by atoms with Gasteiger partial charge in [0.2, 0.25) is 0 Å². The first kappa shape index (κ1) is 78.2. The van der Waals surface area contributed by atoms with Gasteiger partial charge in [-0.15, -0.1) is 0 Å². The summed E-state index contributed by atoms with van der Waals surface area (Å²) in [5.41, 5.74) is 5.40. The zero-order chi connectivity index (χ0) is 58.7. The van der Waals surface area contributed by atoms with E-state index >= 15 is 0 Å². The van der Waals surface area contributed by atoms with Gasteiger partial charge in [-0.3, -0.25) is 18.6 Å². The number of ether oxygens (including phenoxy) is 2. The molecule has 0 fully saturated rings. The van der Waals surface area contributed by atoms with E-state index in [9.17, 15) is 19.0 Å². The average molecular weight is 1150 g/mol. The molecule has 0 saturated heterocycles. The van der Waals surface area contributed by atoms with Gasteiger partial charge in [0.05, 0.1) is 13.2 Å². The lowest BCUT2D eigenvalue weighted by molar-refractivity contribution is -0.161. The maximum Gasteiger partial charge on any atom is 0.472 e. The maximum absolute atomic E-state index is 12.8. The van der Waals surface area contributed by atoms with Crippen LogP contribution in [-0.2, 0) is 32.7 Å². The zero-order valence-electron chi connectivity index (χ0n) is 52.8. The summed E-state index contributed by atoms with van der Waals surface area (Å²) in [6.07, 6.45) is 88.1. The molecule has 0 rings (SSSR count). The molecule has 0 bridgehead atoms. The Morgan fingerprint density at radius 3 is 1.02 bits per heavy atom. The molecule has 0 spiro atoms. The minimum Gasteiger partial charge on any atom is -0.462 e. The highest BCUT2D eigenvalue weighted by Gasteiger charge is 2.26. The zero-order valence-corrected chi connectivity index (χ0v) is 53.7. The first-order valence-electron chi connectivity index (χ1n) is 34.1. The molecule has 0 aromatic rings. The third kappa shape index (κ3) is 66.2. The van der Waals surface area contributed by atoms with Crippen LogP contribution in [0.3, 0.4) is 0 Å². The number of allylic oxidation sites excluding steroid dienone is 14. The van der Waals surface area contributed by atoms with Crippen molar-refractivity contribution < 1.29 is 37.6 Å². The summed E-state index contributed by atoms with van der Waals surface area (Å²) >= 11 is 0. The topological polar surface area (TPSA) is 134 Å². The summed E-state index contributed by atoms with van der Waals surface area (Å²) in [6, 6.07) is 0. The highest BCUT2D eigenvalue weighted by atomic mass is 31.2. The highest BCUT2D eigenvalue weighted by Crippen LogP contribution is 2.43. The molecule has 0 radical (unpaired) electrons. The Kier molecular flexibility index (Phi) is 64.0. The molecule has 0 amide bonds. The predicted molar refractivity (Wildman–Crippen MR) is 349 cm³/mol. The van der Waals surface area contributed by atoms with Crippen LogP contribution >= 0.6 is 7.82 Å². The van der Waals surface area contributed by atoms with Gasteiger partial charge in [0.1, 0.15) is 6.61 Å². The lowest BCUT2D eigenvalue weighted by Crippen LogP contribution is -2.29. The minimum absolute atomic E-state index is 0.0528. The van der Waals surface area contributed by atoms with E-state index in [4.69, 9.17) is 24.3 Å². The molecule has 0 aliphatic heterocycles. The fourth-order valence-electron chi connectivity index (χ4n) is 9.76. The van der Waals surface area contributed by atoms with Crippen molar-refractivity contribution in [2.45, 2.75) is 328 Å². The molecule has 0 aliphatic rings. The number of unbranched alkanes of at least 4 members (excludes halogenated alkanes) is 37. The van der Waals surface area contributed by atoms with E-state index in [1.54, 1.807) is 0 Å². The Hall–Kier alpha value is -2.81. The van der Waals surface area contributed by atoms with E-state index in [1.807, 2.05) is 0 Å². The number of nitrogens with two attached hydrogens (primary N) is 1. The number of esters is 2. The summed E-state index contributed by atoms with van der Waals surface area (Å²) < 4.78 is 33.2. The third-order valence-corrected chi connectivity index (χ3v) is 15.7. The van der Waals surface area contributed by atoms with Crippen LogP contribution in [0.15, 0.2) is 85.1 Å². The van der Waals surface area contributed by atoms with Crippen LogP contribution in [0.5, 0.6) is 0 Å². The molecule has 3 N–H and O–H groups in total. The molecule has 0 aliphatic carbocycles. The molecule has 2 unspecified atom stereocenters. The van der Waals surface area contributed by atoms with Gasteiger partial charge in [0.15, 0.2) is 6.10 Å². The largest absolute Gasteiger partial charge is 0.472 e. The smallest absolute Gasteiger partial charge is 0.462 e. The molecule has 470 valence electrons. The quantitative estimate of drug-likeness (QED) is 0.0264.